The molecule has 5 heteroatoms. The quantitative estimate of drug-likeness (QED) is 0.404. The third kappa shape index (κ3) is 4.89. The fraction of sp³-hybridized carbons (Fsp3) is 0.548. The molecule has 0 N–H and O–H groups in total. The van der Waals surface area contributed by atoms with Crippen LogP contribution in [0.15, 0.2) is 47.5 Å². The molecule has 4 aliphatic rings. The van der Waals surface area contributed by atoms with Crippen LogP contribution in [0.4, 0.5) is 4.79 Å². The number of ether oxygens (including phenoxy) is 2. The van der Waals surface area contributed by atoms with Crippen LogP contribution in [0, 0.1) is 5.92 Å². The van der Waals surface area contributed by atoms with Gasteiger partial charge < -0.3 is 9.47 Å². The molecule has 2 bridgehead atoms. The van der Waals surface area contributed by atoms with Crippen molar-refractivity contribution < 1.29 is 14.3 Å². The molecule has 2 aromatic rings. The highest BCUT2D eigenvalue weighted by Gasteiger charge is 2.61. The van der Waals surface area contributed by atoms with Gasteiger partial charge in [-0.1, -0.05) is 44.0 Å². The number of benzene rings is 2. The van der Waals surface area contributed by atoms with E-state index >= 15 is 0 Å². The Balaban J connectivity index is 1.38. The van der Waals surface area contributed by atoms with E-state index in [2.05, 4.69) is 43.3 Å². The number of methoxy groups -OCH3 is 1. The zero-order valence-electron chi connectivity index (χ0n) is 22.5. The van der Waals surface area contributed by atoms with E-state index in [1.165, 1.54) is 24.0 Å². The Morgan fingerprint density at radius 1 is 1.11 bits per heavy atom. The zero-order chi connectivity index (χ0) is 25.5. The highest BCUT2D eigenvalue weighted by Crippen LogP contribution is 2.61. The number of rotatable bonds is 8. The summed E-state index contributed by atoms with van der Waals surface area (Å²) < 4.78 is 11.3. The molecule has 3 aliphatic carbocycles. The molecule has 3 fully saturated rings. The molecule has 0 saturated heterocycles. The predicted octanol–water partition coefficient (Wildman–Crippen LogP) is 6.94. The minimum atomic E-state index is -0.494. The first-order valence-electron chi connectivity index (χ1n) is 13.5. The number of hydrogen-bond acceptors (Lipinski definition) is 4. The maximum absolute atomic E-state index is 13.1. The van der Waals surface area contributed by atoms with Gasteiger partial charge in [0, 0.05) is 23.2 Å². The lowest BCUT2D eigenvalue weighted by Gasteiger charge is -2.65. The van der Waals surface area contributed by atoms with E-state index in [0.717, 1.165) is 60.6 Å². The third-order valence-electron chi connectivity index (χ3n) is 7.99. The minimum absolute atomic E-state index is 0.00359. The maximum Gasteiger partial charge on any atom is 0.411 e. The summed E-state index contributed by atoms with van der Waals surface area (Å²) in [6, 6.07) is 15.3. The number of carbonyl (C=O) groups excluding carboxylic acids is 1. The normalized spacial score (nSPS) is 24.1. The molecule has 0 spiro atoms. The first-order valence-corrected chi connectivity index (χ1v) is 13.5. The largest absolute Gasteiger partial charge is 0.497 e. The van der Waals surface area contributed by atoms with Crippen LogP contribution in [0.5, 0.6) is 5.75 Å². The summed E-state index contributed by atoms with van der Waals surface area (Å²) in [6.45, 7) is 8.63. The van der Waals surface area contributed by atoms with Crippen molar-refractivity contribution in [2.75, 3.05) is 7.11 Å². The van der Waals surface area contributed by atoms with Crippen LogP contribution in [-0.4, -0.2) is 41.0 Å². The molecule has 1 heterocycles. The van der Waals surface area contributed by atoms with E-state index < -0.39 is 5.60 Å². The zero-order valence-corrected chi connectivity index (χ0v) is 22.5. The Labute approximate surface area is 215 Å². The molecule has 6 rings (SSSR count). The molecule has 1 aliphatic heterocycles. The first kappa shape index (κ1) is 24.9. The molecule has 0 aromatic heterocycles. The van der Waals surface area contributed by atoms with E-state index in [9.17, 15) is 4.79 Å². The Morgan fingerprint density at radius 3 is 2.42 bits per heavy atom. The van der Waals surface area contributed by atoms with Crippen LogP contribution in [0.25, 0.3) is 0 Å². The fourth-order valence-electron chi connectivity index (χ4n) is 5.94. The van der Waals surface area contributed by atoms with Gasteiger partial charge in [0.25, 0.3) is 0 Å². The van der Waals surface area contributed by atoms with Crippen LogP contribution in [0.2, 0.25) is 0 Å². The van der Waals surface area contributed by atoms with Gasteiger partial charge in [-0.25, -0.2) is 4.79 Å². The Bertz CT molecular complexity index is 1130. The molecule has 1 atom stereocenters. The van der Waals surface area contributed by atoms with Gasteiger partial charge >= 0.3 is 6.09 Å². The molecular weight excluding hydrogens is 448 g/mol. The van der Waals surface area contributed by atoms with Gasteiger partial charge in [-0.15, -0.1) is 0 Å². The van der Waals surface area contributed by atoms with Crippen molar-refractivity contribution in [2.45, 2.75) is 96.4 Å². The molecule has 192 valence electrons. The molecule has 5 nitrogen and oxygen atoms in total. The lowest BCUT2D eigenvalue weighted by atomic mass is 9.49. The number of unbranched alkanes of at least 4 members (excludes halogenated alkanes) is 1. The van der Waals surface area contributed by atoms with Gasteiger partial charge in [0.1, 0.15) is 11.4 Å². The Hall–Kier alpha value is -2.82. The van der Waals surface area contributed by atoms with E-state index in [1.807, 2.05) is 31.7 Å². The standard InChI is InChI=1S/C31H40N2O3/c1-6-7-8-25-15-24-16-26(35-5)13-14-27(24)28(32-25)23-11-9-21(10-12-23)20-33(29(34)36-30(2,3)4)31-17-22(18-31)19-31/h9-14,16,22,25H,6-8,15,17-20H2,1-5H3/t22?,25-,31?/m0/s1. The Kier molecular flexibility index (Phi) is 6.61. The lowest BCUT2D eigenvalue weighted by molar-refractivity contribution is -0.141. The molecule has 36 heavy (non-hydrogen) atoms. The number of hydrogen-bond donors (Lipinski definition) is 0. The average Bonchev–Trinajstić information content (AvgIpc) is 2.78. The first-order chi connectivity index (χ1) is 17.2. The molecule has 1 amide bonds. The van der Waals surface area contributed by atoms with Gasteiger partial charge in [-0.05, 0) is 88.1 Å². The fourth-order valence-corrected chi connectivity index (χ4v) is 5.94. The van der Waals surface area contributed by atoms with Gasteiger partial charge in [0.05, 0.1) is 18.9 Å². The molecule has 3 saturated carbocycles. The minimum Gasteiger partial charge on any atom is -0.497 e. The van der Waals surface area contributed by atoms with Crippen molar-refractivity contribution in [3.05, 3.63) is 64.7 Å². The molecular formula is C31H40N2O3. The second kappa shape index (κ2) is 9.57. The van der Waals surface area contributed by atoms with Crippen LogP contribution in [0.1, 0.15) is 88.5 Å². The van der Waals surface area contributed by atoms with E-state index in [1.54, 1.807) is 7.11 Å². The second-order valence-electron chi connectivity index (χ2n) is 12.0. The van der Waals surface area contributed by atoms with Crippen molar-refractivity contribution >= 4 is 11.8 Å². The van der Waals surface area contributed by atoms with Crippen LogP contribution < -0.4 is 4.74 Å². The third-order valence-corrected chi connectivity index (χ3v) is 7.99. The Morgan fingerprint density at radius 2 is 1.83 bits per heavy atom. The number of carbonyl (C=O) groups is 1. The van der Waals surface area contributed by atoms with Crippen LogP contribution >= 0.6 is 0 Å². The number of fused-ring (bicyclic) bond motifs is 1. The second-order valence-corrected chi connectivity index (χ2v) is 12.0. The maximum atomic E-state index is 13.1. The summed E-state index contributed by atoms with van der Waals surface area (Å²) >= 11 is 0. The smallest absolute Gasteiger partial charge is 0.411 e. The van der Waals surface area contributed by atoms with Crippen LogP contribution in [0.3, 0.4) is 0 Å². The number of nitrogens with zero attached hydrogens (tertiary/aromatic N) is 2. The summed E-state index contributed by atoms with van der Waals surface area (Å²) in [6.07, 6.45) is 7.56. The van der Waals surface area contributed by atoms with Crippen molar-refractivity contribution in [1.29, 1.82) is 0 Å². The van der Waals surface area contributed by atoms with Crippen molar-refractivity contribution in [1.82, 2.24) is 4.90 Å². The van der Waals surface area contributed by atoms with Gasteiger partial charge in [-0.2, -0.15) is 0 Å². The lowest BCUT2D eigenvalue weighted by Crippen LogP contribution is -2.69. The summed E-state index contributed by atoms with van der Waals surface area (Å²) in [4.78, 5) is 20.3. The highest BCUT2D eigenvalue weighted by molar-refractivity contribution is 6.14. The monoisotopic (exact) mass is 488 g/mol. The molecule has 2 aromatic carbocycles. The summed E-state index contributed by atoms with van der Waals surface area (Å²) in [5.74, 6) is 1.69. The van der Waals surface area contributed by atoms with Gasteiger partial charge in [-0.3, -0.25) is 9.89 Å². The topological polar surface area (TPSA) is 51.1 Å². The van der Waals surface area contributed by atoms with Gasteiger partial charge in [0.2, 0.25) is 0 Å². The molecule has 0 radical (unpaired) electrons. The van der Waals surface area contributed by atoms with Crippen LogP contribution in [-0.2, 0) is 17.7 Å². The SMILES string of the molecule is CCCC[C@H]1Cc2cc(OC)ccc2C(c2ccc(CN(C(=O)OC(C)(C)C)C34CC(C3)C4)cc2)=N1. The summed E-state index contributed by atoms with van der Waals surface area (Å²) in [5, 5.41) is 0. The van der Waals surface area contributed by atoms with Gasteiger partial charge in [0.15, 0.2) is 0 Å². The number of amides is 1. The summed E-state index contributed by atoms with van der Waals surface area (Å²) in [5.41, 5.74) is 5.33. The summed E-state index contributed by atoms with van der Waals surface area (Å²) in [7, 11) is 1.72. The van der Waals surface area contributed by atoms with E-state index in [4.69, 9.17) is 14.5 Å². The average molecular weight is 489 g/mol. The van der Waals surface area contributed by atoms with E-state index in [-0.39, 0.29) is 11.6 Å². The van der Waals surface area contributed by atoms with E-state index in [0.29, 0.717) is 12.6 Å². The number of aliphatic imine (C=N–C) groups is 1. The van der Waals surface area contributed by atoms with Crippen molar-refractivity contribution in [3.8, 4) is 5.75 Å². The van der Waals surface area contributed by atoms with Crippen molar-refractivity contribution in [3.63, 3.8) is 0 Å². The highest BCUT2D eigenvalue weighted by atomic mass is 16.6. The molecule has 0 unspecified atom stereocenters. The predicted molar refractivity (Wildman–Crippen MR) is 144 cm³/mol. The van der Waals surface area contributed by atoms with Crippen molar-refractivity contribution in [2.24, 2.45) is 10.9 Å².